The zero-order chi connectivity index (χ0) is 37.3. The Balaban J connectivity index is 1.39. The fourth-order valence-electron chi connectivity index (χ4n) is 4.67. The van der Waals surface area contributed by atoms with E-state index < -0.39 is 34.5 Å². The Morgan fingerprint density at radius 2 is 1.43 bits per heavy atom. The quantitative estimate of drug-likeness (QED) is 0.181. The van der Waals surface area contributed by atoms with Crippen molar-refractivity contribution in [2.24, 2.45) is 0 Å². The molecule has 0 bridgehead atoms. The SMILES string of the molecule is CN(C(=O)OC(C)(C)C)c1cc(Oc2ccc(CCNC(=O)OC(C)(C)C)cc2)ccc1NC(=O)COc1ccc(CC2SC(=O)NC2=O)cc1. The predicted molar refractivity (Wildman–Crippen MR) is 195 cm³/mol. The lowest BCUT2D eigenvalue weighted by Crippen LogP contribution is -2.34. The molecule has 1 unspecified atom stereocenters. The Hall–Kier alpha value is -5.24. The zero-order valence-corrected chi connectivity index (χ0v) is 30.6. The third-order valence-electron chi connectivity index (χ3n) is 6.99. The van der Waals surface area contributed by atoms with Gasteiger partial charge in [0.2, 0.25) is 5.91 Å². The number of nitrogens with zero attached hydrogens (tertiary/aromatic N) is 1. The molecule has 1 fully saturated rings. The van der Waals surface area contributed by atoms with E-state index in [1.165, 1.54) is 11.9 Å². The molecular formula is C37H44N4O9S. The molecular weight excluding hydrogens is 676 g/mol. The van der Waals surface area contributed by atoms with Crippen molar-refractivity contribution in [3.63, 3.8) is 0 Å². The first-order chi connectivity index (χ1) is 23.9. The van der Waals surface area contributed by atoms with Crippen molar-refractivity contribution >= 4 is 52.4 Å². The summed E-state index contributed by atoms with van der Waals surface area (Å²) in [6.07, 6.45) is -0.123. The summed E-state index contributed by atoms with van der Waals surface area (Å²) in [6.45, 7) is 10.8. The van der Waals surface area contributed by atoms with Gasteiger partial charge in [0.15, 0.2) is 6.61 Å². The lowest BCUT2D eigenvalue weighted by atomic mass is 10.1. The number of anilines is 2. The van der Waals surface area contributed by atoms with Crippen LogP contribution >= 0.6 is 11.8 Å². The predicted octanol–water partition coefficient (Wildman–Crippen LogP) is 6.83. The molecule has 3 aromatic rings. The number of nitrogens with one attached hydrogen (secondary N) is 3. The monoisotopic (exact) mass is 720 g/mol. The second-order valence-corrected chi connectivity index (χ2v) is 14.9. The molecule has 272 valence electrons. The molecule has 1 heterocycles. The Morgan fingerprint density at radius 3 is 2.04 bits per heavy atom. The Bertz CT molecular complexity index is 1730. The number of carbonyl (C=O) groups excluding carboxylic acids is 5. The van der Waals surface area contributed by atoms with E-state index in [9.17, 15) is 24.0 Å². The summed E-state index contributed by atoms with van der Waals surface area (Å²) in [5.41, 5.74) is 1.16. The number of imide groups is 1. The molecule has 13 nitrogen and oxygen atoms in total. The van der Waals surface area contributed by atoms with Gasteiger partial charge in [0.25, 0.3) is 11.1 Å². The van der Waals surface area contributed by atoms with Crippen molar-refractivity contribution in [2.75, 3.05) is 30.4 Å². The molecule has 0 spiro atoms. The molecule has 1 aliphatic heterocycles. The summed E-state index contributed by atoms with van der Waals surface area (Å²) in [5.74, 6) is 0.608. The third kappa shape index (κ3) is 12.5. The topological polar surface area (TPSA) is 162 Å². The van der Waals surface area contributed by atoms with Gasteiger partial charge in [0.05, 0.1) is 16.6 Å². The highest BCUT2D eigenvalue weighted by Crippen LogP contribution is 2.33. The largest absolute Gasteiger partial charge is 0.484 e. The molecule has 1 atom stereocenters. The van der Waals surface area contributed by atoms with E-state index >= 15 is 0 Å². The molecule has 0 aromatic heterocycles. The molecule has 3 aromatic carbocycles. The molecule has 0 radical (unpaired) electrons. The van der Waals surface area contributed by atoms with Gasteiger partial charge in [-0.25, -0.2) is 9.59 Å². The molecule has 14 heteroatoms. The van der Waals surface area contributed by atoms with E-state index in [1.807, 2.05) is 12.1 Å². The number of ether oxygens (including phenoxy) is 4. The van der Waals surface area contributed by atoms with Crippen LogP contribution in [0.1, 0.15) is 52.7 Å². The van der Waals surface area contributed by atoms with Gasteiger partial charge >= 0.3 is 12.2 Å². The van der Waals surface area contributed by atoms with Crippen LogP contribution in [-0.4, -0.2) is 65.9 Å². The standard InChI is InChI=1S/C37H44N4O9S/c1-36(2,3)49-33(44)38-19-18-23-8-14-26(15-9-23)48-27-16-17-28(29(21-27)41(7)35(46)50-37(4,5)6)39-31(42)22-47-25-12-10-24(11-13-25)20-30-32(43)40-34(45)51-30/h8-17,21,30H,18-20,22H2,1-7H3,(H,38,44)(H,39,42)(H,40,43,45). The lowest BCUT2D eigenvalue weighted by molar-refractivity contribution is -0.119. The average Bonchev–Trinajstić information content (AvgIpc) is 3.35. The van der Waals surface area contributed by atoms with Gasteiger partial charge < -0.3 is 29.6 Å². The highest BCUT2D eigenvalue weighted by atomic mass is 32.2. The molecule has 5 amide bonds. The number of alkyl carbamates (subject to hydrolysis) is 1. The molecule has 0 saturated carbocycles. The highest BCUT2D eigenvalue weighted by molar-refractivity contribution is 8.15. The maximum atomic E-state index is 13.0. The third-order valence-corrected chi connectivity index (χ3v) is 7.98. The molecule has 1 saturated heterocycles. The van der Waals surface area contributed by atoms with Crippen LogP contribution in [0.15, 0.2) is 66.7 Å². The van der Waals surface area contributed by atoms with Crippen LogP contribution in [0.3, 0.4) is 0 Å². The molecule has 3 N–H and O–H groups in total. The number of benzene rings is 3. The minimum atomic E-state index is -0.754. The Kier molecular flexibility index (Phi) is 12.6. The van der Waals surface area contributed by atoms with E-state index in [2.05, 4.69) is 16.0 Å². The molecule has 1 aliphatic rings. The first-order valence-corrected chi connectivity index (χ1v) is 17.2. The van der Waals surface area contributed by atoms with Crippen LogP contribution in [0.5, 0.6) is 17.2 Å². The molecule has 0 aliphatic carbocycles. The number of carbonyl (C=O) groups is 5. The lowest BCUT2D eigenvalue weighted by Gasteiger charge is -2.26. The van der Waals surface area contributed by atoms with Crippen molar-refractivity contribution in [1.82, 2.24) is 10.6 Å². The van der Waals surface area contributed by atoms with Crippen LogP contribution < -0.4 is 30.3 Å². The van der Waals surface area contributed by atoms with E-state index in [4.69, 9.17) is 18.9 Å². The van der Waals surface area contributed by atoms with E-state index in [0.29, 0.717) is 48.0 Å². The number of rotatable bonds is 12. The normalized spacial score (nSPS) is 14.3. The van der Waals surface area contributed by atoms with Crippen molar-refractivity contribution in [3.8, 4) is 17.2 Å². The number of hydrogen-bond acceptors (Lipinski definition) is 10. The van der Waals surface area contributed by atoms with Crippen molar-refractivity contribution < 1.29 is 42.9 Å². The van der Waals surface area contributed by atoms with Crippen LogP contribution in [0.2, 0.25) is 0 Å². The van der Waals surface area contributed by atoms with E-state index in [-0.39, 0.29) is 17.8 Å². The van der Waals surface area contributed by atoms with Crippen LogP contribution in [0.4, 0.5) is 25.8 Å². The Morgan fingerprint density at radius 1 is 0.824 bits per heavy atom. The summed E-state index contributed by atoms with van der Waals surface area (Å²) < 4.78 is 22.6. The van der Waals surface area contributed by atoms with Gasteiger partial charge in [-0.15, -0.1) is 0 Å². The van der Waals surface area contributed by atoms with Gasteiger partial charge in [0, 0.05) is 19.7 Å². The van der Waals surface area contributed by atoms with E-state index in [1.54, 1.807) is 96.1 Å². The summed E-state index contributed by atoms with van der Waals surface area (Å²) >= 11 is 0.963. The van der Waals surface area contributed by atoms with Crippen LogP contribution in [0.25, 0.3) is 0 Å². The van der Waals surface area contributed by atoms with Crippen LogP contribution in [-0.2, 0) is 31.9 Å². The van der Waals surface area contributed by atoms with E-state index in [0.717, 1.165) is 22.9 Å². The minimum Gasteiger partial charge on any atom is -0.484 e. The minimum absolute atomic E-state index is 0.310. The van der Waals surface area contributed by atoms with Crippen LogP contribution in [0, 0.1) is 0 Å². The first-order valence-electron chi connectivity index (χ1n) is 16.3. The fraction of sp³-hybridized carbons (Fsp3) is 0.378. The maximum absolute atomic E-state index is 13.0. The van der Waals surface area contributed by atoms with Gasteiger partial charge in [-0.2, -0.15) is 0 Å². The second kappa shape index (κ2) is 16.6. The molecule has 4 rings (SSSR count). The highest BCUT2D eigenvalue weighted by Gasteiger charge is 2.31. The van der Waals surface area contributed by atoms with Gasteiger partial charge in [-0.05, 0) is 102 Å². The smallest absolute Gasteiger partial charge is 0.414 e. The first kappa shape index (κ1) is 38.6. The van der Waals surface area contributed by atoms with Gasteiger partial charge in [0.1, 0.15) is 28.5 Å². The maximum Gasteiger partial charge on any atom is 0.414 e. The van der Waals surface area contributed by atoms with Crippen molar-refractivity contribution in [1.29, 1.82) is 0 Å². The molecule has 51 heavy (non-hydrogen) atoms. The fourth-order valence-corrected chi connectivity index (χ4v) is 5.53. The van der Waals surface area contributed by atoms with Gasteiger partial charge in [-0.1, -0.05) is 36.0 Å². The van der Waals surface area contributed by atoms with Crippen molar-refractivity contribution in [3.05, 3.63) is 77.9 Å². The summed E-state index contributed by atoms with van der Waals surface area (Å²) in [5, 5.41) is 6.98. The van der Waals surface area contributed by atoms with Gasteiger partial charge in [-0.3, -0.25) is 24.6 Å². The Labute approximate surface area is 301 Å². The summed E-state index contributed by atoms with van der Waals surface area (Å²) in [4.78, 5) is 62.5. The summed E-state index contributed by atoms with van der Waals surface area (Å²) in [7, 11) is 1.53. The summed E-state index contributed by atoms with van der Waals surface area (Å²) in [6, 6.07) is 19.2. The zero-order valence-electron chi connectivity index (χ0n) is 29.8. The number of thioether (sulfide) groups is 1. The number of amides is 5. The number of hydrogen-bond donors (Lipinski definition) is 3. The van der Waals surface area contributed by atoms with Crippen molar-refractivity contribution in [2.45, 2.75) is 70.8 Å². The average molecular weight is 721 g/mol. The second-order valence-electron chi connectivity index (χ2n) is 13.7.